The first kappa shape index (κ1) is 15.4. The number of fused-ring (bicyclic) bond motifs is 1. The average molecular weight is 336 g/mol. The molecule has 0 bridgehead atoms. The number of aromatic hydroxyl groups is 1. The average Bonchev–Trinajstić information content (AvgIpc) is 3.16. The highest BCUT2D eigenvalue weighted by molar-refractivity contribution is 6.01. The standard InChI is InChI=1S/C19H17FN4O/c1-3-24-11-16-17(19(24)25)14(8-9-21-16)15-10-23(2)22-18(15)12-4-6-13(20)7-5-12/h4-11,25H,3H2,1-2H3. The zero-order valence-corrected chi connectivity index (χ0v) is 13.9. The van der Waals surface area contributed by atoms with Crippen molar-refractivity contribution in [1.82, 2.24) is 19.3 Å². The molecule has 0 atom stereocenters. The van der Waals surface area contributed by atoms with Crippen molar-refractivity contribution >= 4 is 10.9 Å². The maximum atomic E-state index is 13.3. The molecule has 0 aliphatic rings. The molecule has 3 aromatic heterocycles. The van der Waals surface area contributed by atoms with Gasteiger partial charge in [-0.05, 0) is 37.3 Å². The summed E-state index contributed by atoms with van der Waals surface area (Å²) in [6.07, 6.45) is 5.46. The van der Waals surface area contributed by atoms with E-state index in [-0.39, 0.29) is 11.7 Å². The largest absolute Gasteiger partial charge is 0.494 e. The fourth-order valence-electron chi connectivity index (χ4n) is 3.14. The topological polar surface area (TPSA) is 55.9 Å². The van der Waals surface area contributed by atoms with Gasteiger partial charge in [-0.3, -0.25) is 9.67 Å². The summed E-state index contributed by atoms with van der Waals surface area (Å²) >= 11 is 0. The highest BCUT2D eigenvalue weighted by Crippen LogP contribution is 2.39. The van der Waals surface area contributed by atoms with Crippen molar-refractivity contribution in [3.8, 4) is 28.3 Å². The van der Waals surface area contributed by atoms with Gasteiger partial charge in [0.15, 0.2) is 0 Å². The number of benzene rings is 1. The van der Waals surface area contributed by atoms with Gasteiger partial charge < -0.3 is 9.67 Å². The molecular weight excluding hydrogens is 319 g/mol. The molecule has 0 unspecified atom stereocenters. The van der Waals surface area contributed by atoms with Crippen molar-refractivity contribution in [3.63, 3.8) is 0 Å². The van der Waals surface area contributed by atoms with Crippen LogP contribution in [0, 0.1) is 5.82 Å². The second kappa shape index (κ2) is 5.73. The summed E-state index contributed by atoms with van der Waals surface area (Å²) in [6, 6.07) is 8.11. The molecule has 3 heterocycles. The molecule has 25 heavy (non-hydrogen) atoms. The van der Waals surface area contributed by atoms with Crippen molar-refractivity contribution in [2.24, 2.45) is 7.05 Å². The number of rotatable bonds is 3. The number of nitrogens with zero attached hydrogens (tertiary/aromatic N) is 4. The molecule has 0 saturated heterocycles. The molecule has 0 spiro atoms. The monoisotopic (exact) mass is 336 g/mol. The first-order valence-electron chi connectivity index (χ1n) is 8.05. The van der Waals surface area contributed by atoms with Crippen LogP contribution < -0.4 is 0 Å². The summed E-state index contributed by atoms with van der Waals surface area (Å²) in [7, 11) is 1.84. The van der Waals surface area contributed by atoms with E-state index in [0.717, 1.165) is 27.9 Å². The Morgan fingerprint density at radius 3 is 2.56 bits per heavy atom. The molecule has 0 amide bonds. The number of pyridine rings is 1. The van der Waals surface area contributed by atoms with Gasteiger partial charge in [0.1, 0.15) is 11.5 Å². The summed E-state index contributed by atoms with van der Waals surface area (Å²) < 4.78 is 16.7. The first-order chi connectivity index (χ1) is 12.1. The van der Waals surface area contributed by atoms with E-state index in [4.69, 9.17) is 0 Å². The third-order valence-corrected chi connectivity index (χ3v) is 4.33. The van der Waals surface area contributed by atoms with Crippen molar-refractivity contribution in [3.05, 3.63) is 54.7 Å². The van der Waals surface area contributed by atoms with Crippen LogP contribution in [0.25, 0.3) is 33.3 Å². The minimum atomic E-state index is -0.287. The fourth-order valence-corrected chi connectivity index (χ4v) is 3.14. The maximum absolute atomic E-state index is 13.3. The first-order valence-corrected chi connectivity index (χ1v) is 8.05. The lowest BCUT2D eigenvalue weighted by molar-refractivity contribution is 0.427. The number of aryl methyl sites for hydroxylation is 2. The summed E-state index contributed by atoms with van der Waals surface area (Å²) in [5.74, 6) is -0.0975. The molecule has 0 radical (unpaired) electrons. The Kier molecular flexibility index (Phi) is 3.53. The van der Waals surface area contributed by atoms with Gasteiger partial charge >= 0.3 is 0 Å². The van der Waals surface area contributed by atoms with E-state index in [1.165, 1.54) is 12.1 Å². The molecule has 6 heteroatoms. The van der Waals surface area contributed by atoms with Gasteiger partial charge in [0.25, 0.3) is 0 Å². The van der Waals surface area contributed by atoms with Crippen molar-refractivity contribution in [1.29, 1.82) is 0 Å². The second-order valence-corrected chi connectivity index (χ2v) is 5.93. The van der Waals surface area contributed by atoms with E-state index < -0.39 is 0 Å². The Bertz CT molecular complexity index is 1060. The zero-order valence-electron chi connectivity index (χ0n) is 13.9. The van der Waals surface area contributed by atoms with E-state index in [0.29, 0.717) is 11.9 Å². The van der Waals surface area contributed by atoms with Crippen molar-refractivity contribution < 1.29 is 9.50 Å². The fraction of sp³-hybridized carbons (Fsp3) is 0.158. The minimum absolute atomic E-state index is 0.189. The van der Waals surface area contributed by atoms with Crippen molar-refractivity contribution in [2.75, 3.05) is 0 Å². The third-order valence-electron chi connectivity index (χ3n) is 4.33. The van der Waals surface area contributed by atoms with Crippen LogP contribution >= 0.6 is 0 Å². The molecule has 4 rings (SSSR count). The Labute approximate surface area is 144 Å². The van der Waals surface area contributed by atoms with Gasteiger partial charge in [0, 0.05) is 48.9 Å². The molecule has 1 aromatic carbocycles. The summed E-state index contributed by atoms with van der Waals surface area (Å²) in [4.78, 5) is 4.36. The van der Waals surface area contributed by atoms with E-state index in [9.17, 15) is 9.50 Å². The van der Waals surface area contributed by atoms with Crippen LogP contribution in [0.5, 0.6) is 5.88 Å². The molecule has 1 N–H and O–H groups in total. The van der Waals surface area contributed by atoms with Gasteiger partial charge in [-0.2, -0.15) is 5.10 Å². The smallest absolute Gasteiger partial charge is 0.201 e. The van der Waals surface area contributed by atoms with E-state index in [1.807, 2.05) is 32.4 Å². The van der Waals surface area contributed by atoms with Gasteiger partial charge in [-0.1, -0.05) is 0 Å². The Morgan fingerprint density at radius 2 is 1.84 bits per heavy atom. The highest BCUT2D eigenvalue weighted by Gasteiger charge is 2.19. The molecule has 0 fully saturated rings. The number of hydrogen-bond acceptors (Lipinski definition) is 3. The van der Waals surface area contributed by atoms with Crippen LogP contribution in [0.2, 0.25) is 0 Å². The Hall–Kier alpha value is -3.15. The number of hydrogen-bond donors (Lipinski definition) is 1. The number of aromatic nitrogens is 4. The van der Waals surface area contributed by atoms with E-state index in [1.54, 1.807) is 27.6 Å². The van der Waals surface area contributed by atoms with E-state index in [2.05, 4.69) is 10.1 Å². The lowest BCUT2D eigenvalue weighted by Gasteiger charge is -2.05. The lowest BCUT2D eigenvalue weighted by atomic mass is 10.00. The van der Waals surface area contributed by atoms with Crippen LogP contribution in [0.4, 0.5) is 4.39 Å². The van der Waals surface area contributed by atoms with Gasteiger partial charge in [-0.25, -0.2) is 4.39 Å². The predicted octanol–water partition coefficient (Wildman–Crippen LogP) is 3.97. The Morgan fingerprint density at radius 1 is 1.08 bits per heavy atom. The van der Waals surface area contributed by atoms with E-state index >= 15 is 0 Å². The van der Waals surface area contributed by atoms with Gasteiger partial charge in [-0.15, -0.1) is 0 Å². The zero-order chi connectivity index (χ0) is 17.6. The van der Waals surface area contributed by atoms with Crippen LogP contribution in [-0.4, -0.2) is 24.4 Å². The third kappa shape index (κ3) is 2.46. The Balaban J connectivity index is 1.99. The van der Waals surface area contributed by atoms with Crippen LogP contribution in [-0.2, 0) is 13.6 Å². The van der Waals surface area contributed by atoms with Crippen molar-refractivity contribution in [2.45, 2.75) is 13.5 Å². The number of halogens is 1. The second-order valence-electron chi connectivity index (χ2n) is 5.93. The van der Waals surface area contributed by atoms with Crippen LogP contribution in [0.3, 0.4) is 0 Å². The maximum Gasteiger partial charge on any atom is 0.201 e. The molecule has 126 valence electrons. The molecule has 0 aliphatic carbocycles. The summed E-state index contributed by atoms with van der Waals surface area (Å²) in [5.41, 5.74) is 3.99. The lowest BCUT2D eigenvalue weighted by Crippen LogP contribution is -1.89. The van der Waals surface area contributed by atoms with Gasteiger partial charge in [0.05, 0.1) is 10.9 Å². The minimum Gasteiger partial charge on any atom is -0.494 e. The normalized spacial score (nSPS) is 11.3. The molecular formula is C19H17FN4O. The SMILES string of the molecule is CCn1cc2nccc(-c3cn(C)nc3-c3ccc(F)cc3)c2c1O. The molecule has 0 aliphatic heterocycles. The molecule has 0 saturated carbocycles. The molecule has 5 nitrogen and oxygen atoms in total. The van der Waals surface area contributed by atoms with Gasteiger partial charge in [0.2, 0.25) is 5.88 Å². The highest BCUT2D eigenvalue weighted by atomic mass is 19.1. The molecule has 4 aromatic rings. The summed E-state index contributed by atoms with van der Waals surface area (Å²) in [5, 5.41) is 15.8. The van der Waals surface area contributed by atoms with Crippen LogP contribution in [0.1, 0.15) is 6.92 Å². The quantitative estimate of drug-likeness (QED) is 0.616. The van der Waals surface area contributed by atoms with Crippen LogP contribution in [0.15, 0.2) is 48.9 Å². The summed E-state index contributed by atoms with van der Waals surface area (Å²) in [6.45, 7) is 2.62. The predicted molar refractivity (Wildman–Crippen MR) is 94.7 cm³/mol.